The molecule has 10 heteroatoms. The number of piperidine rings is 1. The van der Waals surface area contributed by atoms with E-state index in [0.29, 0.717) is 17.0 Å². The van der Waals surface area contributed by atoms with E-state index in [-0.39, 0.29) is 43.1 Å². The van der Waals surface area contributed by atoms with Crippen molar-refractivity contribution in [1.29, 1.82) is 0 Å². The fourth-order valence-corrected chi connectivity index (χ4v) is 4.92. The molecule has 2 aromatic rings. The van der Waals surface area contributed by atoms with Gasteiger partial charge >= 0.3 is 0 Å². The van der Waals surface area contributed by atoms with Crippen LogP contribution in [0.25, 0.3) is 0 Å². The van der Waals surface area contributed by atoms with Gasteiger partial charge in [0.05, 0.1) is 6.54 Å². The van der Waals surface area contributed by atoms with Gasteiger partial charge in [-0.1, -0.05) is 17.8 Å². The summed E-state index contributed by atoms with van der Waals surface area (Å²) < 4.78 is 18.5. The predicted molar refractivity (Wildman–Crippen MR) is 133 cm³/mol. The molecule has 0 radical (unpaired) electrons. The van der Waals surface area contributed by atoms with E-state index >= 15 is 0 Å². The van der Waals surface area contributed by atoms with Crippen molar-refractivity contribution in [2.24, 2.45) is 4.99 Å². The number of nitrogens with zero attached hydrogens (tertiary/aromatic N) is 2. The third kappa shape index (κ3) is 7.05. The number of carbonyl (C=O) groups excluding carboxylic acids is 3. The lowest BCUT2D eigenvalue weighted by Crippen LogP contribution is -2.33. The number of hydrogen-bond donors (Lipinski definition) is 2. The number of ether oxygens (including phenoxy) is 1. The highest BCUT2D eigenvalue weighted by Crippen LogP contribution is 2.29. The van der Waals surface area contributed by atoms with Crippen LogP contribution in [0.4, 0.5) is 10.1 Å². The number of amidine groups is 1. The summed E-state index contributed by atoms with van der Waals surface area (Å²) in [7, 11) is 0. The van der Waals surface area contributed by atoms with Gasteiger partial charge in [-0.3, -0.25) is 14.4 Å². The molecule has 2 aromatic carbocycles. The predicted octanol–water partition coefficient (Wildman–Crippen LogP) is 3.45. The minimum absolute atomic E-state index is 0.0396. The number of anilines is 1. The maximum atomic E-state index is 13.1. The number of benzene rings is 2. The van der Waals surface area contributed by atoms with Crippen LogP contribution in [0.5, 0.6) is 5.75 Å². The number of nitrogens with one attached hydrogen (secondary N) is 2. The van der Waals surface area contributed by atoms with E-state index in [4.69, 9.17) is 4.74 Å². The molecule has 8 nitrogen and oxygen atoms in total. The summed E-state index contributed by atoms with van der Waals surface area (Å²) in [5.41, 5.74) is 0.962. The Labute approximate surface area is 207 Å². The van der Waals surface area contributed by atoms with E-state index in [0.717, 1.165) is 31.1 Å². The molecule has 0 spiro atoms. The normalized spacial score (nSPS) is 17.6. The Hall–Kier alpha value is -3.40. The fraction of sp³-hybridized carbons (Fsp3) is 0.360. The van der Waals surface area contributed by atoms with Crippen LogP contribution in [-0.4, -0.2) is 59.3 Å². The first kappa shape index (κ1) is 24.7. The second-order valence-electron chi connectivity index (χ2n) is 8.28. The van der Waals surface area contributed by atoms with Gasteiger partial charge in [0, 0.05) is 36.8 Å². The number of amides is 3. The van der Waals surface area contributed by atoms with Gasteiger partial charge in [0.2, 0.25) is 5.91 Å². The molecule has 0 aliphatic carbocycles. The highest BCUT2D eigenvalue weighted by atomic mass is 32.2. The Morgan fingerprint density at radius 2 is 1.89 bits per heavy atom. The van der Waals surface area contributed by atoms with Crippen LogP contribution in [0, 0.1) is 5.82 Å². The minimum Gasteiger partial charge on any atom is -0.492 e. The zero-order valence-corrected chi connectivity index (χ0v) is 20.0. The second kappa shape index (κ2) is 11.8. The molecule has 35 heavy (non-hydrogen) atoms. The number of aliphatic imine (C=N–C) groups is 1. The van der Waals surface area contributed by atoms with Crippen molar-refractivity contribution >= 4 is 40.3 Å². The second-order valence-corrected chi connectivity index (χ2v) is 9.45. The molecule has 1 unspecified atom stereocenters. The molecule has 4 rings (SSSR count). The molecular weight excluding hydrogens is 471 g/mol. The van der Waals surface area contributed by atoms with Crippen molar-refractivity contribution in [2.75, 3.05) is 31.6 Å². The molecule has 2 heterocycles. The number of likely N-dealkylation sites (tertiary alicyclic amines) is 1. The zero-order valence-electron chi connectivity index (χ0n) is 19.2. The van der Waals surface area contributed by atoms with E-state index in [2.05, 4.69) is 20.5 Å². The number of hydrogen-bond acceptors (Lipinski definition) is 6. The first-order chi connectivity index (χ1) is 17.0. The standard InChI is InChI=1S/C25H27FN4O4S/c26-18-5-4-6-20(15-18)34-14-11-27-23(32)17-7-9-19(10-8-17)28-22(31)16-21-24(33)29-25(35-21)30-12-2-1-3-13-30/h4-10,15,21H,1-3,11-14,16H2,(H,27,32)(H,28,31). The SMILES string of the molecule is O=C(CC1SC(N2CCCCC2)=NC1=O)Nc1ccc(C(=O)NCCOc2cccc(F)c2)cc1. The third-order valence-electron chi connectivity index (χ3n) is 5.61. The Balaban J connectivity index is 1.19. The Morgan fingerprint density at radius 1 is 1.11 bits per heavy atom. The number of carbonyl (C=O) groups is 3. The van der Waals surface area contributed by atoms with E-state index in [1.165, 1.54) is 30.3 Å². The molecule has 2 aliphatic heterocycles. The summed E-state index contributed by atoms with van der Waals surface area (Å²) in [6.07, 6.45) is 3.42. The van der Waals surface area contributed by atoms with Crippen molar-refractivity contribution in [1.82, 2.24) is 10.2 Å². The smallest absolute Gasteiger partial charge is 0.262 e. The maximum Gasteiger partial charge on any atom is 0.262 e. The Morgan fingerprint density at radius 3 is 2.63 bits per heavy atom. The van der Waals surface area contributed by atoms with Crippen LogP contribution in [0.1, 0.15) is 36.0 Å². The topological polar surface area (TPSA) is 100 Å². The quantitative estimate of drug-likeness (QED) is 0.541. The van der Waals surface area contributed by atoms with Crippen molar-refractivity contribution in [3.05, 3.63) is 59.9 Å². The van der Waals surface area contributed by atoms with E-state index in [1.54, 1.807) is 36.4 Å². The monoisotopic (exact) mass is 498 g/mol. The van der Waals surface area contributed by atoms with Gasteiger partial charge in [-0.25, -0.2) is 4.39 Å². The number of rotatable bonds is 8. The van der Waals surface area contributed by atoms with Gasteiger partial charge in [-0.15, -0.1) is 0 Å². The fourth-order valence-electron chi connectivity index (χ4n) is 3.81. The Bertz CT molecular complexity index is 1100. The van der Waals surface area contributed by atoms with Gasteiger partial charge < -0.3 is 20.3 Å². The van der Waals surface area contributed by atoms with Crippen molar-refractivity contribution < 1.29 is 23.5 Å². The molecular formula is C25H27FN4O4S. The van der Waals surface area contributed by atoms with Crippen LogP contribution in [0.2, 0.25) is 0 Å². The van der Waals surface area contributed by atoms with Crippen LogP contribution >= 0.6 is 11.8 Å². The molecule has 184 valence electrons. The molecule has 1 fully saturated rings. The van der Waals surface area contributed by atoms with Gasteiger partial charge in [0.15, 0.2) is 5.17 Å². The number of halogens is 1. The molecule has 2 N–H and O–H groups in total. The van der Waals surface area contributed by atoms with Crippen molar-refractivity contribution in [3.8, 4) is 5.75 Å². The minimum atomic E-state index is -0.508. The lowest BCUT2D eigenvalue weighted by molar-refractivity contribution is -0.121. The highest BCUT2D eigenvalue weighted by Gasteiger charge is 2.33. The van der Waals surface area contributed by atoms with Gasteiger partial charge in [0.25, 0.3) is 11.8 Å². The first-order valence-electron chi connectivity index (χ1n) is 11.6. The van der Waals surface area contributed by atoms with Crippen LogP contribution in [-0.2, 0) is 9.59 Å². The summed E-state index contributed by atoms with van der Waals surface area (Å²) >= 11 is 1.36. The van der Waals surface area contributed by atoms with Crippen molar-refractivity contribution in [3.63, 3.8) is 0 Å². The lowest BCUT2D eigenvalue weighted by atomic mass is 10.1. The lowest BCUT2D eigenvalue weighted by Gasteiger charge is -2.27. The molecule has 0 bridgehead atoms. The van der Waals surface area contributed by atoms with E-state index in [9.17, 15) is 18.8 Å². The third-order valence-corrected chi connectivity index (χ3v) is 6.82. The van der Waals surface area contributed by atoms with Crippen LogP contribution in [0.15, 0.2) is 53.5 Å². The summed E-state index contributed by atoms with van der Waals surface area (Å²) in [4.78, 5) is 43.3. The summed E-state index contributed by atoms with van der Waals surface area (Å²) in [5.74, 6) is -0.827. The van der Waals surface area contributed by atoms with Gasteiger partial charge in [0.1, 0.15) is 23.4 Å². The molecule has 1 atom stereocenters. The summed E-state index contributed by atoms with van der Waals surface area (Å²) in [5, 5.41) is 5.72. The highest BCUT2D eigenvalue weighted by molar-refractivity contribution is 8.15. The first-order valence-corrected chi connectivity index (χ1v) is 12.5. The molecule has 0 aromatic heterocycles. The van der Waals surface area contributed by atoms with Crippen LogP contribution in [0.3, 0.4) is 0 Å². The van der Waals surface area contributed by atoms with Gasteiger partial charge in [-0.2, -0.15) is 4.99 Å². The van der Waals surface area contributed by atoms with Crippen molar-refractivity contribution in [2.45, 2.75) is 30.9 Å². The Kier molecular flexibility index (Phi) is 8.36. The zero-order chi connectivity index (χ0) is 24.6. The van der Waals surface area contributed by atoms with E-state index in [1.807, 2.05) is 0 Å². The van der Waals surface area contributed by atoms with E-state index < -0.39 is 5.25 Å². The average molecular weight is 499 g/mol. The molecule has 2 aliphatic rings. The molecule has 0 saturated carbocycles. The van der Waals surface area contributed by atoms with Gasteiger partial charge in [-0.05, 0) is 55.7 Å². The largest absolute Gasteiger partial charge is 0.492 e. The maximum absolute atomic E-state index is 13.1. The summed E-state index contributed by atoms with van der Waals surface area (Å²) in [6, 6.07) is 12.3. The average Bonchev–Trinajstić information content (AvgIpc) is 3.22. The number of thioether (sulfide) groups is 1. The molecule has 3 amide bonds. The summed E-state index contributed by atoms with van der Waals surface area (Å²) in [6.45, 7) is 2.25. The van der Waals surface area contributed by atoms with Crippen LogP contribution < -0.4 is 15.4 Å². The molecule has 1 saturated heterocycles.